The van der Waals surface area contributed by atoms with Crippen LogP contribution < -0.4 is 10.6 Å². The molecule has 3 nitrogen and oxygen atoms in total. The van der Waals surface area contributed by atoms with Crippen LogP contribution in [0.1, 0.15) is 24.0 Å². The molecular formula is C21H27N3. The Bertz CT molecular complexity index is 684. The van der Waals surface area contributed by atoms with Gasteiger partial charge in [0.2, 0.25) is 0 Å². The molecule has 0 spiro atoms. The number of para-hydroxylation sites is 1. The van der Waals surface area contributed by atoms with Crippen LogP contribution in [0.4, 0.5) is 5.69 Å². The molecule has 0 radical (unpaired) electrons. The molecule has 0 aromatic heterocycles. The molecule has 1 atom stereocenters. The predicted octanol–water partition coefficient (Wildman–Crippen LogP) is 3.04. The molecule has 2 aromatic rings. The van der Waals surface area contributed by atoms with E-state index in [0.29, 0.717) is 0 Å². The first kappa shape index (κ1) is 15.7. The number of rotatable bonds is 4. The van der Waals surface area contributed by atoms with E-state index in [0.717, 1.165) is 32.6 Å². The van der Waals surface area contributed by atoms with E-state index in [1.165, 1.54) is 36.2 Å². The van der Waals surface area contributed by atoms with Crippen molar-refractivity contribution in [3.05, 3.63) is 65.7 Å². The van der Waals surface area contributed by atoms with Gasteiger partial charge in [0.15, 0.2) is 0 Å². The lowest BCUT2D eigenvalue weighted by Crippen LogP contribution is -2.62. The first-order valence-corrected chi connectivity index (χ1v) is 9.13. The van der Waals surface area contributed by atoms with Gasteiger partial charge in [-0.3, -0.25) is 4.90 Å². The van der Waals surface area contributed by atoms with Crippen LogP contribution in [0.3, 0.4) is 0 Å². The zero-order chi connectivity index (χ0) is 16.4. The van der Waals surface area contributed by atoms with Crippen molar-refractivity contribution in [3.63, 3.8) is 0 Å². The normalized spacial score (nSPS) is 24.1. The van der Waals surface area contributed by atoms with Crippen molar-refractivity contribution in [2.75, 3.05) is 31.1 Å². The molecule has 4 rings (SSSR count). The van der Waals surface area contributed by atoms with E-state index < -0.39 is 0 Å². The van der Waals surface area contributed by atoms with Gasteiger partial charge in [0.1, 0.15) is 0 Å². The summed E-state index contributed by atoms with van der Waals surface area (Å²) < 4.78 is 0. The summed E-state index contributed by atoms with van der Waals surface area (Å²) >= 11 is 0. The maximum absolute atomic E-state index is 6.36. The van der Waals surface area contributed by atoms with Crippen molar-refractivity contribution in [1.29, 1.82) is 0 Å². The van der Waals surface area contributed by atoms with Crippen LogP contribution in [-0.4, -0.2) is 36.6 Å². The van der Waals surface area contributed by atoms with Gasteiger partial charge in [0, 0.05) is 31.9 Å². The van der Waals surface area contributed by atoms with Crippen molar-refractivity contribution in [1.82, 2.24) is 4.90 Å². The monoisotopic (exact) mass is 321 g/mol. The minimum atomic E-state index is 0.0830. The lowest BCUT2D eigenvalue weighted by atomic mass is 9.86. The van der Waals surface area contributed by atoms with Crippen molar-refractivity contribution >= 4 is 5.69 Å². The summed E-state index contributed by atoms with van der Waals surface area (Å²) in [6, 6.07) is 19.7. The van der Waals surface area contributed by atoms with E-state index in [-0.39, 0.29) is 5.54 Å². The standard InChI is InChI=1S/C21H27N3/c22-16-21(24-14-11-19-9-4-5-10-20(19)24)12-6-13-23(17-21)15-18-7-2-1-3-8-18/h1-5,7-10H,6,11-17,22H2. The third kappa shape index (κ3) is 2.83. The molecule has 2 aliphatic heterocycles. The summed E-state index contributed by atoms with van der Waals surface area (Å²) in [4.78, 5) is 5.20. The smallest absolute Gasteiger partial charge is 0.0651 e. The number of hydrogen-bond donors (Lipinski definition) is 1. The summed E-state index contributed by atoms with van der Waals surface area (Å²) in [5, 5.41) is 0. The van der Waals surface area contributed by atoms with E-state index >= 15 is 0 Å². The van der Waals surface area contributed by atoms with Crippen molar-refractivity contribution < 1.29 is 0 Å². The van der Waals surface area contributed by atoms with Gasteiger partial charge in [-0.2, -0.15) is 0 Å². The molecule has 0 saturated carbocycles. The highest BCUT2D eigenvalue weighted by atomic mass is 15.3. The summed E-state index contributed by atoms with van der Waals surface area (Å²) in [5.41, 5.74) is 10.7. The topological polar surface area (TPSA) is 32.5 Å². The maximum atomic E-state index is 6.36. The number of nitrogens with two attached hydrogens (primary N) is 1. The summed E-state index contributed by atoms with van der Waals surface area (Å²) in [6.07, 6.45) is 3.57. The lowest BCUT2D eigenvalue weighted by Gasteiger charge is -2.49. The third-order valence-corrected chi connectivity index (χ3v) is 5.72. The molecule has 0 amide bonds. The molecule has 2 heterocycles. The molecule has 2 aliphatic rings. The van der Waals surface area contributed by atoms with Gasteiger partial charge >= 0.3 is 0 Å². The van der Waals surface area contributed by atoms with Crippen LogP contribution in [0, 0.1) is 0 Å². The number of anilines is 1. The average Bonchev–Trinajstić information content (AvgIpc) is 3.07. The molecule has 0 aliphatic carbocycles. The molecule has 24 heavy (non-hydrogen) atoms. The van der Waals surface area contributed by atoms with Crippen molar-refractivity contribution in [2.45, 2.75) is 31.3 Å². The number of nitrogens with zero attached hydrogens (tertiary/aromatic N) is 2. The summed E-state index contributed by atoms with van der Waals surface area (Å²) in [7, 11) is 0. The van der Waals surface area contributed by atoms with Crippen LogP contribution >= 0.6 is 0 Å². The molecule has 3 heteroatoms. The highest BCUT2D eigenvalue weighted by Gasteiger charge is 2.41. The van der Waals surface area contributed by atoms with Gasteiger partial charge in [0.05, 0.1) is 5.54 Å². The Morgan fingerprint density at radius 3 is 2.58 bits per heavy atom. The van der Waals surface area contributed by atoms with E-state index in [9.17, 15) is 0 Å². The Morgan fingerprint density at radius 1 is 0.958 bits per heavy atom. The highest BCUT2D eigenvalue weighted by molar-refractivity contribution is 5.60. The Kier molecular flexibility index (Phi) is 4.30. The van der Waals surface area contributed by atoms with E-state index in [2.05, 4.69) is 64.4 Å². The molecule has 1 saturated heterocycles. The molecule has 126 valence electrons. The number of hydrogen-bond acceptors (Lipinski definition) is 3. The fourth-order valence-corrected chi connectivity index (χ4v) is 4.51. The van der Waals surface area contributed by atoms with Crippen LogP contribution in [0.25, 0.3) is 0 Å². The van der Waals surface area contributed by atoms with E-state index in [4.69, 9.17) is 5.73 Å². The first-order chi connectivity index (χ1) is 11.8. The highest BCUT2D eigenvalue weighted by Crippen LogP contribution is 2.37. The van der Waals surface area contributed by atoms with E-state index in [1.807, 2.05) is 0 Å². The second kappa shape index (κ2) is 6.58. The second-order valence-corrected chi connectivity index (χ2v) is 7.26. The van der Waals surface area contributed by atoms with Gasteiger partial charge in [-0.1, -0.05) is 48.5 Å². The maximum Gasteiger partial charge on any atom is 0.0651 e. The van der Waals surface area contributed by atoms with Gasteiger partial charge in [-0.15, -0.1) is 0 Å². The van der Waals surface area contributed by atoms with Crippen molar-refractivity contribution in [2.24, 2.45) is 5.73 Å². The largest absolute Gasteiger partial charge is 0.363 e. The van der Waals surface area contributed by atoms with Gasteiger partial charge in [-0.05, 0) is 43.0 Å². The SMILES string of the molecule is NCC1(N2CCc3ccccc32)CCCN(Cc2ccccc2)C1. The second-order valence-electron chi connectivity index (χ2n) is 7.26. The number of likely N-dealkylation sites (tertiary alicyclic amines) is 1. The van der Waals surface area contributed by atoms with Crippen LogP contribution in [0.5, 0.6) is 0 Å². The Balaban J connectivity index is 1.56. The lowest BCUT2D eigenvalue weighted by molar-refractivity contribution is 0.141. The molecule has 2 aromatic carbocycles. The van der Waals surface area contributed by atoms with Gasteiger partial charge < -0.3 is 10.6 Å². The first-order valence-electron chi connectivity index (χ1n) is 9.13. The predicted molar refractivity (Wildman–Crippen MR) is 100 cm³/mol. The number of fused-ring (bicyclic) bond motifs is 1. The van der Waals surface area contributed by atoms with Crippen LogP contribution in [0.15, 0.2) is 54.6 Å². The zero-order valence-electron chi connectivity index (χ0n) is 14.3. The zero-order valence-corrected chi connectivity index (χ0v) is 14.3. The quantitative estimate of drug-likeness (QED) is 0.939. The minimum Gasteiger partial charge on any atom is -0.363 e. The number of benzene rings is 2. The summed E-state index contributed by atoms with van der Waals surface area (Å²) in [5.74, 6) is 0. The minimum absolute atomic E-state index is 0.0830. The fourth-order valence-electron chi connectivity index (χ4n) is 4.51. The molecule has 2 N–H and O–H groups in total. The number of piperidine rings is 1. The summed E-state index contributed by atoms with van der Waals surface area (Å²) in [6.45, 7) is 5.10. The Morgan fingerprint density at radius 2 is 1.75 bits per heavy atom. The molecule has 1 fully saturated rings. The van der Waals surface area contributed by atoms with Crippen molar-refractivity contribution in [3.8, 4) is 0 Å². The van der Waals surface area contributed by atoms with E-state index in [1.54, 1.807) is 0 Å². The molecular weight excluding hydrogens is 294 g/mol. The van der Waals surface area contributed by atoms with Gasteiger partial charge in [-0.25, -0.2) is 0 Å². The molecule has 1 unspecified atom stereocenters. The Hall–Kier alpha value is -1.84. The van der Waals surface area contributed by atoms with Gasteiger partial charge in [0.25, 0.3) is 0 Å². The molecule has 0 bridgehead atoms. The fraction of sp³-hybridized carbons (Fsp3) is 0.429. The third-order valence-electron chi connectivity index (χ3n) is 5.72. The Labute approximate surface area is 145 Å². The van der Waals surface area contributed by atoms with Crippen LogP contribution in [0.2, 0.25) is 0 Å². The van der Waals surface area contributed by atoms with Crippen LogP contribution in [-0.2, 0) is 13.0 Å². The average molecular weight is 321 g/mol.